The highest BCUT2D eigenvalue weighted by molar-refractivity contribution is 9.10. The average Bonchev–Trinajstić information content (AvgIpc) is 2.35. The van der Waals surface area contributed by atoms with Gasteiger partial charge < -0.3 is 11.1 Å². The second-order valence-electron chi connectivity index (χ2n) is 4.11. The molecule has 0 spiro atoms. The molecular weight excluding hydrogens is 344 g/mol. The maximum atomic E-state index is 6.21. The Labute approximate surface area is 131 Å². The lowest BCUT2D eigenvalue weighted by Crippen LogP contribution is -2.12. The van der Waals surface area contributed by atoms with Crippen LogP contribution >= 0.6 is 39.7 Å². The van der Waals surface area contributed by atoms with Crippen molar-refractivity contribution < 1.29 is 0 Å². The van der Waals surface area contributed by atoms with Gasteiger partial charge in [-0.1, -0.05) is 51.9 Å². The van der Waals surface area contributed by atoms with Crippen LogP contribution in [-0.4, -0.2) is 4.99 Å². The maximum Gasteiger partial charge on any atom is 0.106 e. The van der Waals surface area contributed by atoms with E-state index in [1.54, 1.807) is 0 Å². The van der Waals surface area contributed by atoms with Crippen LogP contribution in [0.3, 0.4) is 0 Å². The van der Waals surface area contributed by atoms with E-state index in [1.165, 1.54) is 0 Å². The zero-order valence-electron chi connectivity index (χ0n) is 10.2. The molecule has 98 valence electrons. The third-order valence-electron chi connectivity index (χ3n) is 2.73. The summed E-state index contributed by atoms with van der Waals surface area (Å²) in [6.07, 6.45) is 0. The van der Waals surface area contributed by atoms with E-state index in [-0.39, 0.29) is 0 Å². The van der Waals surface area contributed by atoms with Crippen LogP contribution in [-0.2, 0) is 0 Å². The molecule has 5 heteroatoms. The Bertz CT molecular complexity index is 623. The van der Waals surface area contributed by atoms with Crippen LogP contribution in [0, 0.1) is 6.92 Å². The second-order valence-corrected chi connectivity index (χ2v) is 5.87. The molecule has 0 fully saturated rings. The Morgan fingerprint density at radius 1 is 1.32 bits per heavy atom. The van der Waals surface area contributed by atoms with Crippen molar-refractivity contribution in [1.82, 2.24) is 0 Å². The number of halogens is 2. The molecule has 0 aliphatic rings. The van der Waals surface area contributed by atoms with Gasteiger partial charge in [0.1, 0.15) is 4.99 Å². The summed E-state index contributed by atoms with van der Waals surface area (Å²) in [4.78, 5) is 0.341. The van der Waals surface area contributed by atoms with Crippen LogP contribution in [0.25, 0.3) is 0 Å². The molecule has 2 rings (SSSR count). The van der Waals surface area contributed by atoms with Gasteiger partial charge in [-0.25, -0.2) is 0 Å². The lowest BCUT2D eigenvalue weighted by molar-refractivity contribution is 1.42. The highest BCUT2D eigenvalue weighted by atomic mass is 79.9. The molecule has 0 heterocycles. The minimum atomic E-state index is 0.341. The predicted molar refractivity (Wildman–Crippen MR) is 89.5 cm³/mol. The lowest BCUT2D eigenvalue weighted by Gasteiger charge is -2.15. The number of para-hydroxylation sites is 1. The lowest BCUT2D eigenvalue weighted by atomic mass is 10.1. The first kappa shape index (κ1) is 14.3. The van der Waals surface area contributed by atoms with Crippen LogP contribution in [0.4, 0.5) is 11.4 Å². The Morgan fingerprint density at radius 3 is 2.68 bits per heavy atom. The van der Waals surface area contributed by atoms with Crippen molar-refractivity contribution >= 4 is 56.1 Å². The summed E-state index contributed by atoms with van der Waals surface area (Å²) in [5.41, 5.74) is 9.30. The van der Waals surface area contributed by atoms with E-state index in [0.29, 0.717) is 10.0 Å². The monoisotopic (exact) mass is 354 g/mol. The fourth-order valence-electron chi connectivity index (χ4n) is 1.75. The molecule has 0 atom stereocenters. The Morgan fingerprint density at radius 2 is 2.05 bits per heavy atom. The van der Waals surface area contributed by atoms with E-state index in [1.807, 2.05) is 43.3 Å². The molecule has 0 unspecified atom stereocenters. The van der Waals surface area contributed by atoms with Gasteiger partial charge in [0.2, 0.25) is 0 Å². The molecule has 2 aromatic carbocycles. The molecule has 0 aliphatic carbocycles. The first-order chi connectivity index (χ1) is 8.99. The van der Waals surface area contributed by atoms with Crippen LogP contribution in [0.5, 0.6) is 0 Å². The molecule has 0 aliphatic heterocycles. The summed E-state index contributed by atoms with van der Waals surface area (Å²) >= 11 is 14.7. The van der Waals surface area contributed by atoms with Gasteiger partial charge in [0.15, 0.2) is 0 Å². The standard InChI is InChI=1S/C14H12BrClN2S/c1-8-3-2-4-11(16)13(8)18-12-6-5-9(15)7-10(12)14(17)19/h2-7,18H,1H3,(H2,17,19). The van der Waals surface area contributed by atoms with E-state index < -0.39 is 0 Å². The molecular formula is C14H12BrClN2S. The molecule has 0 saturated heterocycles. The molecule has 3 N–H and O–H groups in total. The van der Waals surface area contributed by atoms with Crippen LogP contribution in [0.1, 0.15) is 11.1 Å². The number of nitrogens with two attached hydrogens (primary N) is 1. The summed E-state index contributed by atoms with van der Waals surface area (Å²) in [7, 11) is 0. The molecule has 19 heavy (non-hydrogen) atoms. The number of benzene rings is 2. The number of rotatable bonds is 3. The minimum Gasteiger partial charge on any atom is -0.389 e. The smallest absolute Gasteiger partial charge is 0.106 e. The van der Waals surface area contributed by atoms with Gasteiger partial charge in [-0.05, 0) is 36.8 Å². The van der Waals surface area contributed by atoms with Gasteiger partial charge in [-0.15, -0.1) is 0 Å². The number of thiocarbonyl (C=S) groups is 1. The fourth-order valence-corrected chi connectivity index (χ4v) is 2.55. The van der Waals surface area contributed by atoms with Crippen molar-refractivity contribution in [3.63, 3.8) is 0 Å². The van der Waals surface area contributed by atoms with Crippen molar-refractivity contribution in [2.24, 2.45) is 5.73 Å². The molecule has 0 radical (unpaired) electrons. The number of hydrogen-bond donors (Lipinski definition) is 2. The SMILES string of the molecule is Cc1cccc(Cl)c1Nc1ccc(Br)cc1C(N)=S. The van der Waals surface area contributed by atoms with E-state index in [2.05, 4.69) is 21.2 Å². The molecule has 0 amide bonds. The van der Waals surface area contributed by atoms with Crippen LogP contribution in [0.2, 0.25) is 5.02 Å². The number of anilines is 2. The van der Waals surface area contributed by atoms with Gasteiger partial charge in [0.05, 0.1) is 10.7 Å². The molecule has 2 nitrogen and oxygen atoms in total. The maximum absolute atomic E-state index is 6.21. The zero-order valence-corrected chi connectivity index (χ0v) is 13.4. The van der Waals surface area contributed by atoms with Crippen molar-refractivity contribution in [3.05, 3.63) is 57.0 Å². The van der Waals surface area contributed by atoms with Gasteiger partial charge >= 0.3 is 0 Å². The zero-order chi connectivity index (χ0) is 14.0. The molecule has 0 bridgehead atoms. The number of nitrogens with one attached hydrogen (secondary N) is 1. The number of aryl methyl sites for hydroxylation is 1. The summed E-state index contributed by atoms with van der Waals surface area (Å²) in [6.45, 7) is 1.99. The second kappa shape index (κ2) is 5.90. The Kier molecular flexibility index (Phi) is 4.45. The summed E-state index contributed by atoms with van der Waals surface area (Å²) in [5.74, 6) is 0. The summed E-state index contributed by atoms with van der Waals surface area (Å²) in [5, 5.41) is 3.96. The highest BCUT2D eigenvalue weighted by Crippen LogP contribution is 2.31. The van der Waals surface area contributed by atoms with Gasteiger partial charge in [0, 0.05) is 15.7 Å². The van der Waals surface area contributed by atoms with E-state index in [4.69, 9.17) is 29.6 Å². The molecule has 0 saturated carbocycles. The third-order valence-corrected chi connectivity index (χ3v) is 3.76. The van der Waals surface area contributed by atoms with Crippen molar-refractivity contribution in [3.8, 4) is 0 Å². The van der Waals surface area contributed by atoms with Crippen LogP contribution < -0.4 is 11.1 Å². The first-order valence-corrected chi connectivity index (χ1v) is 7.18. The van der Waals surface area contributed by atoms with Gasteiger partial charge in [-0.2, -0.15) is 0 Å². The molecule has 2 aromatic rings. The third kappa shape index (κ3) is 3.26. The van der Waals surface area contributed by atoms with E-state index in [0.717, 1.165) is 27.0 Å². The quantitative estimate of drug-likeness (QED) is 0.778. The van der Waals surface area contributed by atoms with Crippen molar-refractivity contribution in [2.75, 3.05) is 5.32 Å². The predicted octanol–water partition coefficient (Wildman–Crippen LogP) is 4.79. The minimum absolute atomic E-state index is 0.341. The largest absolute Gasteiger partial charge is 0.389 e. The Balaban J connectivity index is 2.47. The van der Waals surface area contributed by atoms with Crippen molar-refractivity contribution in [1.29, 1.82) is 0 Å². The first-order valence-electron chi connectivity index (χ1n) is 5.60. The fraction of sp³-hybridized carbons (Fsp3) is 0.0714. The van der Waals surface area contributed by atoms with Gasteiger partial charge in [0.25, 0.3) is 0 Å². The number of hydrogen-bond acceptors (Lipinski definition) is 2. The van der Waals surface area contributed by atoms with E-state index in [9.17, 15) is 0 Å². The molecule has 0 aromatic heterocycles. The highest BCUT2D eigenvalue weighted by Gasteiger charge is 2.09. The normalized spacial score (nSPS) is 10.3. The van der Waals surface area contributed by atoms with Crippen LogP contribution in [0.15, 0.2) is 40.9 Å². The van der Waals surface area contributed by atoms with E-state index >= 15 is 0 Å². The Hall–Kier alpha value is -1.10. The summed E-state index contributed by atoms with van der Waals surface area (Å²) < 4.78 is 0.928. The van der Waals surface area contributed by atoms with Crippen molar-refractivity contribution in [2.45, 2.75) is 6.92 Å². The summed E-state index contributed by atoms with van der Waals surface area (Å²) in [6, 6.07) is 11.5. The topological polar surface area (TPSA) is 38.0 Å². The average molecular weight is 356 g/mol. The van der Waals surface area contributed by atoms with Gasteiger partial charge in [-0.3, -0.25) is 0 Å².